The minimum Gasteiger partial charge on any atom is -0.377 e. The summed E-state index contributed by atoms with van der Waals surface area (Å²) in [7, 11) is 1.87. The lowest BCUT2D eigenvalue weighted by atomic mass is 9.85. The van der Waals surface area contributed by atoms with E-state index in [-0.39, 0.29) is 5.91 Å². The Labute approximate surface area is 273 Å². The molecule has 2 aromatic carbocycles. The number of benzene rings is 2. The first-order valence-corrected chi connectivity index (χ1v) is 16.4. The van der Waals surface area contributed by atoms with Crippen LogP contribution in [0.15, 0.2) is 73.2 Å². The molecule has 0 radical (unpaired) electrons. The van der Waals surface area contributed by atoms with Gasteiger partial charge in [0.1, 0.15) is 18.2 Å². The minimum absolute atomic E-state index is 0.189. The second-order valence-corrected chi connectivity index (χ2v) is 13.2. The number of nitrogens with one attached hydrogen (secondary N) is 1. The molecule has 2 saturated heterocycles. The lowest BCUT2D eigenvalue weighted by Crippen LogP contribution is -2.46. The Kier molecular flexibility index (Phi) is 7.47. The van der Waals surface area contributed by atoms with Crippen LogP contribution in [0.1, 0.15) is 30.5 Å². The van der Waals surface area contributed by atoms with Crippen LogP contribution < -0.4 is 4.90 Å². The van der Waals surface area contributed by atoms with Crippen molar-refractivity contribution in [3.05, 3.63) is 84.5 Å². The molecule has 8 rings (SSSR count). The average Bonchev–Trinajstić information content (AvgIpc) is 3.88. The monoisotopic (exact) mass is 629 g/mol. The van der Waals surface area contributed by atoms with Gasteiger partial charge in [-0.25, -0.2) is 4.98 Å². The number of likely N-dealkylation sites (tertiary alicyclic amines) is 1. The molecule has 3 aromatic heterocycles. The quantitative estimate of drug-likeness (QED) is 0.274. The smallest absolute Gasteiger partial charge is 0.234 e. The Morgan fingerprint density at radius 1 is 0.979 bits per heavy atom. The summed E-state index contributed by atoms with van der Waals surface area (Å²) in [6.07, 6.45) is 7.67. The second kappa shape index (κ2) is 11.8. The van der Waals surface area contributed by atoms with Gasteiger partial charge in [-0.1, -0.05) is 30.3 Å². The molecule has 5 aromatic rings. The number of hydrogen-bond donors (Lipinski definition) is 2. The fourth-order valence-electron chi connectivity index (χ4n) is 7.51. The molecule has 1 unspecified atom stereocenters. The van der Waals surface area contributed by atoms with Crippen molar-refractivity contribution in [2.75, 3.05) is 44.2 Å². The maximum absolute atomic E-state index is 14.0. The first kappa shape index (κ1) is 29.7. The van der Waals surface area contributed by atoms with E-state index in [1.807, 2.05) is 43.1 Å². The van der Waals surface area contributed by atoms with Gasteiger partial charge >= 0.3 is 0 Å². The Balaban J connectivity index is 0.894. The number of fused-ring (bicyclic) bond motifs is 1. The third-order valence-corrected chi connectivity index (χ3v) is 10.2. The lowest BCUT2D eigenvalue weighted by Gasteiger charge is -2.33. The molecular weight excluding hydrogens is 590 g/mol. The van der Waals surface area contributed by atoms with E-state index >= 15 is 0 Å². The largest absolute Gasteiger partial charge is 0.377 e. The summed E-state index contributed by atoms with van der Waals surface area (Å²) in [6, 6.07) is 18.5. The molecule has 1 spiro atoms. The van der Waals surface area contributed by atoms with Crippen LogP contribution in [-0.2, 0) is 11.8 Å². The standard InChI is InChI=1S/C36H39N9O2/c1-24-19-28(9-14-37-24)33-30-20-29(7-8-31(30)39-40-33)45-18-13-36(35(45)47)12-17-43(22-36)21-32(46)44-15-10-26(11-16-44)25-3-5-27(6-4-25)34-38-23-42(2)41-34/h3-10,14,19-20,23,32,46H,11-13,15-18,21-22H2,1-2H3,(H,39,40)/t32?,36-/m0/s1. The zero-order chi connectivity index (χ0) is 32.1. The van der Waals surface area contributed by atoms with Crippen LogP contribution >= 0.6 is 0 Å². The van der Waals surface area contributed by atoms with Crippen molar-refractivity contribution in [3.63, 3.8) is 0 Å². The highest BCUT2D eigenvalue weighted by Crippen LogP contribution is 2.43. The Bertz CT molecular complexity index is 1980. The normalized spacial score (nSPS) is 21.3. The molecule has 0 saturated carbocycles. The van der Waals surface area contributed by atoms with Gasteiger partial charge in [0.2, 0.25) is 5.91 Å². The number of hydrogen-bond acceptors (Lipinski definition) is 8. The number of carbonyl (C=O) groups is 1. The third kappa shape index (κ3) is 5.54. The third-order valence-electron chi connectivity index (χ3n) is 10.2. The molecule has 1 amide bonds. The molecule has 2 atom stereocenters. The Morgan fingerprint density at radius 3 is 2.57 bits per heavy atom. The molecular formula is C36H39N9O2. The fraction of sp³-hybridized carbons (Fsp3) is 0.361. The summed E-state index contributed by atoms with van der Waals surface area (Å²) < 4.78 is 1.71. The van der Waals surface area contributed by atoms with Gasteiger partial charge in [0.05, 0.1) is 10.9 Å². The number of H-pyrrole nitrogens is 1. The van der Waals surface area contributed by atoms with E-state index in [0.717, 1.165) is 77.3 Å². The van der Waals surface area contributed by atoms with E-state index in [1.165, 1.54) is 11.1 Å². The van der Waals surface area contributed by atoms with E-state index < -0.39 is 11.6 Å². The molecule has 2 fully saturated rings. The predicted molar refractivity (Wildman–Crippen MR) is 181 cm³/mol. The van der Waals surface area contributed by atoms with Crippen molar-refractivity contribution in [1.29, 1.82) is 0 Å². The molecule has 47 heavy (non-hydrogen) atoms. The summed E-state index contributed by atoms with van der Waals surface area (Å²) >= 11 is 0. The number of anilines is 1. The molecule has 2 N–H and O–H groups in total. The van der Waals surface area contributed by atoms with E-state index in [4.69, 9.17) is 0 Å². The summed E-state index contributed by atoms with van der Waals surface area (Å²) in [5, 5.41) is 24.3. The number of aromatic nitrogens is 6. The molecule has 0 bridgehead atoms. The van der Waals surface area contributed by atoms with Crippen molar-refractivity contribution in [3.8, 4) is 22.6 Å². The first-order chi connectivity index (χ1) is 22.8. The van der Waals surface area contributed by atoms with Crippen molar-refractivity contribution in [1.82, 2.24) is 39.7 Å². The van der Waals surface area contributed by atoms with Gasteiger partial charge in [0.15, 0.2) is 5.82 Å². The molecule has 3 aliphatic heterocycles. The predicted octanol–water partition coefficient (Wildman–Crippen LogP) is 4.27. The van der Waals surface area contributed by atoms with E-state index in [0.29, 0.717) is 26.2 Å². The average molecular weight is 630 g/mol. The molecule has 11 nitrogen and oxygen atoms in total. The van der Waals surface area contributed by atoms with E-state index in [9.17, 15) is 9.90 Å². The zero-order valence-electron chi connectivity index (χ0n) is 26.8. The lowest BCUT2D eigenvalue weighted by molar-refractivity contribution is -0.125. The maximum atomic E-state index is 14.0. The van der Waals surface area contributed by atoms with Crippen molar-refractivity contribution < 1.29 is 9.90 Å². The van der Waals surface area contributed by atoms with Crippen LogP contribution in [0.5, 0.6) is 0 Å². The number of β-amino-alcohol motifs (C(OH)–C–C–N with tert-alkyl or cyclic N) is 1. The summed E-state index contributed by atoms with van der Waals surface area (Å²) in [5.74, 6) is 0.914. The number of amides is 1. The summed E-state index contributed by atoms with van der Waals surface area (Å²) in [4.78, 5) is 29.0. The number of aryl methyl sites for hydroxylation is 2. The Morgan fingerprint density at radius 2 is 1.81 bits per heavy atom. The molecule has 0 aliphatic carbocycles. The number of carbonyl (C=O) groups excluding carboxylic acids is 1. The molecule has 6 heterocycles. The van der Waals surface area contributed by atoms with Crippen LogP contribution in [0.4, 0.5) is 5.69 Å². The zero-order valence-corrected chi connectivity index (χ0v) is 26.8. The van der Waals surface area contributed by atoms with Crippen molar-refractivity contribution in [2.24, 2.45) is 12.5 Å². The summed E-state index contributed by atoms with van der Waals surface area (Å²) in [6.45, 7) is 6.19. The first-order valence-electron chi connectivity index (χ1n) is 16.4. The Hall–Kier alpha value is -4.71. The maximum Gasteiger partial charge on any atom is 0.234 e. The molecule has 240 valence electrons. The number of aliphatic hydroxyl groups excluding tert-OH is 1. The van der Waals surface area contributed by atoms with Gasteiger partial charge in [-0.05, 0) is 74.2 Å². The van der Waals surface area contributed by atoms with Gasteiger partial charge in [0, 0.05) is 73.9 Å². The second-order valence-electron chi connectivity index (χ2n) is 13.2. The number of aliphatic hydroxyl groups is 1. The SMILES string of the molecule is Cc1cc(-c2n[nH]c3ccc(N4CC[C@]5(CCN(CC(O)N6CC=C(c7ccc(-c8ncn(C)n8)cc7)CC6)C5)C4=O)cc23)ccn1. The molecule has 11 heteroatoms. The number of pyridine rings is 1. The van der Waals surface area contributed by atoms with Crippen LogP contribution in [0.2, 0.25) is 0 Å². The fourth-order valence-corrected chi connectivity index (χ4v) is 7.51. The van der Waals surface area contributed by atoms with E-state index in [1.54, 1.807) is 17.2 Å². The van der Waals surface area contributed by atoms with E-state index in [2.05, 4.69) is 71.5 Å². The van der Waals surface area contributed by atoms with Gasteiger partial charge in [-0.2, -0.15) is 10.2 Å². The highest BCUT2D eigenvalue weighted by Gasteiger charge is 2.51. The van der Waals surface area contributed by atoms with Crippen LogP contribution in [0.3, 0.4) is 0 Å². The van der Waals surface area contributed by atoms with Gasteiger partial charge < -0.3 is 10.0 Å². The minimum atomic E-state index is -0.577. The summed E-state index contributed by atoms with van der Waals surface area (Å²) in [5.41, 5.74) is 7.74. The van der Waals surface area contributed by atoms with Gasteiger partial charge in [-0.3, -0.25) is 29.4 Å². The van der Waals surface area contributed by atoms with Crippen LogP contribution in [0.25, 0.3) is 39.1 Å². The topological polar surface area (TPSA) is 119 Å². The number of aromatic amines is 1. The van der Waals surface area contributed by atoms with Crippen LogP contribution in [-0.4, -0.2) is 96.3 Å². The van der Waals surface area contributed by atoms with Gasteiger partial charge in [-0.15, -0.1) is 0 Å². The highest BCUT2D eigenvalue weighted by atomic mass is 16.3. The van der Waals surface area contributed by atoms with Crippen molar-refractivity contribution >= 4 is 28.1 Å². The van der Waals surface area contributed by atoms with Crippen molar-refractivity contribution in [2.45, 2.75) is 32.4 Å². The van der Waals surface area contributed by atoms with Crippen LogP contribution in [0, 0.1) is 12.3 Å². The number of nitrogens with zero attached hydrogens (tertiary/aromatic N) is 8. The number of rotatable bonds is 7. The highest BCUT2D eigenvalue weighted by molar-refractivity contribution is 6.03. The van der Waals surface area contributed by atoms with Gasteiger partial charge in [0.25, 0.3) is 0 Å². The molecule has 3 aliphatic rings.